The Kier molecular flexibility index (Phi) is 3.50. The summed E-state index contributed by atoms with van der Waals surface area (Å²) >= 11 is 3.56. The van der Waals surface area contributed by atoms with Gasteiger partial charge < -0.3 is 10.2 Å². The van der Waals surface area contributed by atoms with Crippen molar-refractivity contribution in [3.05, 3.63) is 28.2 Å². The number of hydrogen-bond acceptors (Lipinski definition) is 2. The quantitative estimate of drug-likeness (QED) is 0.900. The van der Waals surface area contributed by atoms with Crippen LogP contribution in [0.3, 0.4) is 0 Å². The lowest BCUT2D eigenvalue weighted by Crippen LogP contribution is -2.38. The topological polar surface area (TPSA) is 15.3 Å². The van der Waals surface area contributed by atoms with Gasteiger partial charge in [-0.1, -0.05) is 15.9 Å². The fraction of sp³-hybridized carbons (Fsp3) is 0.571. The van der Waals surface area contributed by atoms with E-state index in [0.29, 0.717) is 6.04 Å². The second-order valence-corrected chi connectivity index (χ2v) is 6.40. The maximum Gasteiger partial charge on any atom is 0.0374 e. The minimum atomic E-state index is 0.230. The molecule has 1 saturated heterocycles. The summed E-state index contributed by atoms with van der Waals surface area (Å²) in [6, 6.07) is 7.21. The first-order chi connectivity index (χ1) is 7.94. The van der Waals surface area contributed by atoms with Gasteiger partial charge in [-0.2, -0.15) is 0 Å². The molecule has 0 aromatic heterocycles. The first kappa shape index (κ1) is 12.9. The third-order valence-corrected chi connectivity index (χ3v) is 4.63. The van der Waals surface area contributed by atoms with Crippen LogP contribution < -0.4 is 10.2 Å². The van der Waals surface area contributed by atoms with Crippen molar-refractivity contribution in [2.45, 2.75) is 38.8 Å². The highest BCUT2D eigenvalue weighted by Gasteiger charge is 2.37. The van der Waals surface area contributed by atoms with Crippen LogP contribution in [0.5, 0.6) is 0 Å². The smallest absolute Gasteiger partial charge is 0.0374 e. The van der Waals surface area contributed by atoms with Crippen LogP contribution in [0.4, 0.5) is 5.69 Å². The number of nitrogens with zero attached hydrogens (tertiary/aromatic N) is 1. The molecular weight excluding hydrogens is 276 g/mol. The molecule has 1 atom stereocenters. The molecule has 1 unspecified atom stereocenters. The number of rotatable bonds is 2. The highest BCUT2D eigenvalue weighted by molar-refractivity contribution is 9.10. The summed E-state index contributed by atoms with van der Waals surface area (Å²) in [4.78, 5) is 2.51. The molecule has 3 heteroatoms. The first-order valence-electron chi connectivity index (χ1n) is 6.15. The number of nitrogens with one attached hydrogen (secondary N) is 1. The monoisotopic (exact) mass is 296 g/mol. The lowest BCUT2D eigenvalue weighted by Gasteiger charge is -2.33. The Bertz CT molecular complexity index is 415. The molecule has 2 rings (SSSR count). The van der Waals surface area contributed by atoms with E-state index in [1.54, 1.807) is 0 Å². The normalized spacial score (nSPS) is 23.1. The molecule has 1 aromatic rings. The van der Waals surface area contributed by atoms with Crippen molar-refractivity contribution in [2.24, 2.45) is 0 Å². The van der Waals surface area contributed by atoms with E-state index in [0.717, 1.165) is 6.54 Å². The minimum Gasteiger partial charge on any atom is -0.365 e. The fourth-order valence-electron chi connectivity index (χ4n) is 2.69. The highest BCUT2D eigenvalue weighted by Crippen LogP contribution is 2.35. The lowest BCUT2D eigenvalue weighted by molar-refractivity contribution is 0.487. The van der Waals surface area contributed by atoms with E-state index in [2.05, 4.69) is 72.2 Å². The van der Waals surface area contributed by atoms with Crippen molar-refractivity contribution in [1.82, 2.24) is 5.32 Å². The van der Waals surface area contributed by atoms with Crippen molar-refractivity contribution >= 4 is 21.6 Å². The van der Waals surface area contributed by atoms with Crippen LogP contribution in [-0.4, -0.2) is 25.2 Å². The van der Waals surface area contributed by atoms with Crippen LogP contribution in [0.2, 0.25) is 0 Å². The molecule has 0 saturated carbocycles. The number of likely N-dealkylation sites (N-methyl/N-ethyl adjacent to an activating group) is 1. The highest BCUT2D eigenvalue weighted by atomic mass is 79.9. The van der Waals surface area contributed by atoms with Crippen LogP contribution in [0, 0.1) is 6.92 Å². The molecule has 0 bridgehead atoms. The SMILES string of the molecule is CNC1CN(c2ccc(Br)c(C)c2)C(C)(C)C1. The standard InChI is InChI=1S/C14H21BrN2/c1-10-7-12(5-6-13(10)15)17-9-11(16-4)8-14(17,2)3/h5-7,11,16H,8-9H2,1-4H3. The Morgan fingerprint density at radius 2 is 2.12 bits per heavy atom. The summed E-state index contributed by atoms with van der Waals surface area (Å²) in [5, 5.41) is 3.39. The minimum absolute atomic E-state index is 0.230. The molecule has 17 heavy (non-hydrogen) atoms. The third-order valence-electron chi connectivity index (χ3n) is 3.74. The van der Waals surface area contributed by atoms with Crippen LogP contribution in [0.1, 0.15) is 25.8 Å². The summed E-state index contributed by atoms with van der Waals surface area (Å²) in [5.41, 5.74) is 2.85. The molecule has 0 spiro atoms. The molecule has 1 aliphatic rings. The summed E-state index contributed by atoms with van der Waals surface area (Å²) in [5.74, 6) is 0. The van der Waals surface area contributed by atoms with E-state index in [9.17, 15) is 0 Å². The number of benzene rings is 1. The molecule has 1 heterocycles. The molecule has 1 aromatic carbocycles. The van der Waals surface area contributed by atoms with E-state index < -0.39 is 0 Å². The van der Waals surface area contributed by atoms with Gasteiger partial charge in [0.15, 0.2) is 0 Å². The Hall–Kier alpha value is -0.540. The number of hydrogen-bond donors (Lipinski definition) is 1. The molecule has 0 aliphatic carbocycles. The number of aryl methyl sites for hydroxylation is 1. The third kappa shape index (κ3) is 2.50. The first-order valence-corrected chi connectivity index (χ1v) is 6.94. The van der Waals surface area contributed by atoms with Crippen LogP contribution in [0.15, 0.2) is 22.7 Å². The van der Waals surface area contributed by atoms with E-state index in [-0.39, 0.29) is 5.54 Å². The van der Waals surface area contributed by atoms with Gasteiger partial charge in [-0.25, -0.2) is 0 Å². The van der Waals surface area contributed by atoms with Crippen LogP contribution in [-0.2, 0) is 0 Å². The zero-order valence-electron chi connectivity index (χ0n) is 11.0. The fourth-order valence-corrected chi connectivity index (χ4v) is 2.94. The van der Waals surface area contributed by atoms with Gasteiger partial charge in [0.1, 0.15) is 0 Å². The maximum atomic E-state index is 3.56. The van der Waals surface area contributed by atoms with E-state index >= 15 is 0 Å². The lowest BCUT2D eigenvalue weighted by atomic mass is 9.99. The zero-order valence-corrected chi connectivity index (χ0v) is 12.6. The van der Waals surface area contributed by atoms with Crippen molar-refractivity contribution in [3.63, 3.8) is 0 Å². The summed E-state index contributed by atoms with van der Waals surface area (Å²) in [6.07, 6.45) is 1.19. The van der Waals surface area contributed by atoms with Gasteiger partial charge in [-0.15, -0.1) is 0 Å². The van der Waals surface area contributed by atoms with Gasteiger partial charge in [0, 0.05) is 28.3 Å². The molecule has 1 fully saturated rings. The van der Waals surface area contributed by atoms with Gasteiger partial charge in [-0.3, -0.25) is 0 Å². The average molecular weight is 297 g/mol. The van der Waals surface area contributed by atoms with Crippen LogP contribution in [0.25, 0.3) is 0 Å². The molecule has 0 radical (unpaired) electrons. The van der Waals surface area contributed by atoms with Crippen molar-refractivity contribution < 1.29 is 0 Å². The van der Waals surface area contributed by atoms with Crippen LogP contribution >= 0.6 is 15.9 Å². The Balaban J connectivity index is 2.30. The molecule has 0 amide bonds. The second kappa shape index (κ2) is 4.62. The molecule has 2 nitrogen and oxygen atoms in total. The largest absolute Gasteiger partial charge is 0.365 e. The average Bonchev–Trinajstić information content (AvgIpc) is 2.58. The van der Waals surface area contributed by atoms with Gasteiger partial charge in [0.25, 0.3) is 0 Å². The summed E-state index contributed by atoms with van der Waals surface area (Å²) in [6.45, 7) is 7.88. The van der Waals surface area contributed by atoms with E-state index in [4.69, 9.17) is 0 Å². The van der Waals surface area contributed by atoms with Crippen molar-refractivity contribution in [2.75, 3.05) is 18.5 Å². The van der Waals surface area contributed by atoms with E-state index in [1.807, 2.05) is 0 Å². The van der Waals surface area contributed by atoms with Gasteiger partial charge in [-0.05, 0) is 58.0 Å². The summed E-state index contributed by atoms with van der Waals surface area (Å²) < 4.78 is 1.18. The van der Waals surface area contributed by atoms with Gasteiger partial charge >= 0.3 is 0 Å². The predicted octanol–water partition coefficient (Wildman–Crippen LogP) is 3.33. The van der Waals surface area contributed by atoms with Gasteiger partial charge in [0.05, 0.1) is 0 Å². The Labute approximate surface area is 113 Å². The zero-order chi connectivity index (χ0) is 12.6. The molecule has 94 valence electrons. The Morgan fingerprint density at radius 1 is 1.41 bits per heavy atom. The maximum absolute atomic E-state index is 3.56. The second-order valence-electron chi connectivity index (χ2n) is 5.55. The van der Waals surface area contributed by atoms with Gasteiger partial charge in [0.2, 0.25) is 0 Å². The molecule has 1 aliphatic heterocycles. The molecule has 1 N–H and O–H groups in total. The predicted molar refractivity (Wildman–Crippen MR) is 77.8 cm³/mol. The number of halogens is 1. The van der Waals surface area contributed by atoms with Crippen molar-refractivity contribution in [3.8, 4) is 0 Å². The molecular formula is C14H21BrN2. The Morgan fingerprint density at radius 3 is 2.65 bits per heavy atom. The van der Waals surface area contributed by atoms with E-state index in [1.165, 1.54) is 22.1 Å². The number of anilines is 1. The van der Waals surface area contributed by atoms with Crippen molar-refractivity contribution in [1.29, 1.82) is 0 Å². The summed E-state index contributed by atoms with van der Waals surface area (Å²) in [7, 11) is 2.05.